The number of aromatic nitrogens is 1. The number of para-hydroxylation sites is 2. The van der Waals surface area contributed by atoms with Crippen molar-refractivity contribution in [3.05, 3.63) is 52.8 Å². The Bertz CT molecular complexity index is 629. The molecule has 0 atom stereocenters. The van der Waals surface area contributed by atoms with E-state index >= 15 is 0 Å². The smallest absolute Gasteiger partial charge is 0.255 e. The van der Waals surface area contributed by atoms with Gasteiger partial charge in [0.05, 0.1) is 12.8 Å². The zero-order chi connectivity index (χ0) is 14.5. The minimum absolute atomic E-state index is 0.242. The second kappa shape index (κ2) is 6.39. The van der Waals surface area contributed by atoms with Crippen molar-refractivity contribution < 1.29 is 9.53 Å². The van der Waals surface area contributed by atoms with Crippen molar-refractivity contribution in [2.24, 2.45) is 0 Å². The fourth-order valence-electron chi connectivity index (χ4n) is 1.81. The van der Waals surface area contributed by atoms with Gasteiger partial charge in [-0.15, -0.1) is 0 Å². The summed E-state index contributed by atoms with van der Waals surface area (Å²) in [7, 11) is 1.56. The quantitative estimate of drug-likeness (QED) is 0.876. The van der Waals surface area contributed by atoms with Crippen LogP contribution in [0.25, 0.3) is 0 Å². The molecule has 1 amide bonds. The summed E-state index contributed by atoms with van der Waals surface area (Å²) >= 11 is 5.92. The first-order chi connectivity index (χ1) is 9.63. The highest BCUT2D eigenvalue weighted by Gasteiger charge is 2.11. The molecule has 4 nitrogen and oxygen atoms in total. The monoisotopic (exact) mass is 290 g/mol. The van der Waals surface area contributed by atoms with Gasteiger partial charge >= 0.3 is 0 Å². The molecule has 0 aliphatic heterocycles. The molecule has 5 heteroatoms. The highest BCUT2D eigenvalue weighted by Crippen LogP contribution is 2.24. The van der Waals surface area contributed by atoms with Crippen molar-refractivity contribution in [2.75, 3.05) is 12.4 Å². The minimum atomic E-state index is -0.242. The lowest BCUT2D eigenvalue weighted by atomic mass is 10.2. The molecule has 0 bridgehead atoms. The Morgan fingerprint density at radius 2 is 2.10 bits per heavy atom. The Morgan fingerprint density at radius 1 is 1.35 bits per heavy atom. The number of carbonyl (C=O) groups is 1. The van der Waals surface area contributed by atoms with E-state index in [-0.39, 0.29) is 5.91 Å². The van der Waals surface area contributed by atoms with Gasteiger partial charge in [0.15, 0.2) is 0 Å². The van der Waals surface area contributed by atoms with E-state index in [1.807, 2.05) is 19.1 Å². The second-order valence-electron chi connectivity index (χ2n) is 4.18. The van der Waals surface area contributed by atoms with Gasteiger partial charge in [-0.3, -0.25) is 4.79 Å². The van der Waals surface area contributed by atoms with Crippen LogP contribution in [0.1, 0.15) is 23.0 Å². The van der Waals surface area contributed by atoms with Gasteiger partial charge in [-0.25, -0.2) is 4.98 Å². The molecule has 20 heavy (non-hydrogen) atoms. The summed E-state index contributed by atoms with van der Waals surface area (Å²) < 4.78 is 5.20. The van der Waals surface area contributed by atoms with Crippen LogP contribution in [0.2, 0.25) is 5.15 Å². The average Bonchev–Trinajstić information content (AvgIpc) is 2.47. The molecule has 0 unspecified atom stereocenters. The highest BCUT2D eigenvalue weighted by molar-refractivity contribution is 6.29. The standard InChI is InChI=1S/C15H15ClN2O2/c1-3-11-8-10(9-14(16)17-11)15(19)18-12-6-4-5-7-13(12)20-2/h4-9H,3H2,1-2H3,(H,18,19). The Morgan fingerprint density at radius 3 is 2.80 bits per heavy atom. The molecule has 0 fully saturated rings. The van der Waals surface area contributed by atoms with Crippen molar-refractivity contribution in [1.29, 1.82) is 0 Å². The fraction of sp³-hybridized carbons (Fsp3) is 0.200. The number of carbonyl (C=O) groups excluding carboxylic acids is 1. The first-order valence-electron chi connectivity index (χ1n) is 6.25. The van der Waals surface area contributed by atoms with Crippen LogP contribution in [0.3, 0.4) is 0 Å². The van der Waals surface area contributed by atoms with Crippen molar-refractivity contribution in [1.82, 2.24) is 4.98 Å². The predicted molar refractivity (Wildman–Crippen MR) is 79.6 cm³/mol. The molecule has 2 aromatic rings. The van der Waals surface area contributed by atoms with Crippen LogP contribution >= 0.6 is 11.6 Å². The predicted octanol–water partition coefficient (Wildman–Crippen LogP) is 3.56. The first kappa shape index (κ1) is 14.3. The number of pyridine rings is 1. The number of methoxy groups -OCH3 is 1. The first-order valence-corrected chi connectivity index (χ1v) is 6.62. The van der Waals surface area contributed by atoms with Crippen LogP contribution in [0.5, 0.6) is 5.75 Å². The Balaban J connectivity index is 2.26. The molecule has 1 aromatic carbocycles. The molecule has 104 valence electrons. The molecule has 0 saturated heterocycles. The third-order valence-corrected chi connectivity index (χ3v) is 3.02. The molecule has 0 saturated carbocycles. The topological polar surface area (TPSA) is 51.2 Å². The lowest BCUT2D eigenvalue weighted by molar-refractivity contribution is 0.102. The van der Waals surface area contributed by atoms with Gasteiger partial charge in [0.1, 0.15) is 10.9 Å². The lowest BCUT2D eigenvalue weighted by Gasteiger charge is -2.10. The van der Waals surface area contributed by atoms with Gasteiger partial charge < -0.3 is 10.1 Å². The van der Waals surface area contributed by atoms with Crippen LogP contribution in [-0.2, 0) is 6.42 Å². The number of amides is 1. The SMILES string of the molecule is CCc1cc(C(=O)Nc2ccccc2OC)cc(Cl)n1. The molecular weight excluding hydrogens is 276 g/mol. The minimum Gasteiger partial charge on any atom is -0.495 e. The van der Waals surface area contributed by atoms with Crippen LogP contribution in [0, 0.1) is 0 Å². The zero-order valence-corrected chi connectivity index (χ0v) is 12.1. The maximum Gasteiger partial charge on any atom is 0.255 e. The number of anilines is 1. The summed E-state index contributed by atoms with van der Waals surface area (Å²) in [5, 5.41) is 3.12. The number of rotatable bonds is 4. The molecule has 0 aliphatic carbocycles. The largest absolute Gasteiger partial charge is 0.495 e. The molecule has 2 rings (SSSR count). The van der Waals surface area contributed by atoms with E-state index in [1.54, 1.807) is 31.4 Å². The molecular formula is C15H15ClN2O2. The maximum absolute atomic E-state index is 12.2. The Labute approximate surface area is 122 Å². The number of ether oxygens (including phenoxy) is 1. The van der Waals surface area contributed by atoms with E-state index < -0.39 is 0 Å². The third kappa shape index (κ3) is 3.27. The van der Waals surface area contributed by atoms with Crippen LogP contribution < -0.4 is 10.1 Å². The van der Waals surface area contributed by atoms with Crippen molar-refractivity contribution in [3.8, 4) is 5.75 Å². The third-order valence-electron chi connectivity index (χ3n) is 2.83. The summed E-state index contributed by atoms with van der Waals surface area (Å²) in [6.45, 7) is 1.96. The zero-order valence-electron chi connectivity index (χ0n) is 11.3. The van der Waals surface area contributed by atoms with E-state index in [1.165, 1.54) is 0 Å². The summed E-state index contributed by atoms with van der Waals surface area (Å²) in [6, 6.07) is 10.5. The van der Waals surface area contributed by atoms with Crippen LogP contribution in [0.4, 0.5) is 5.69 Å². The molecule has 1 heterocycles. The van der Waals surface area contributed by atoms with E-state index in [9.17, 15) is 4.79 Å². The number of hydrogen-bond acceptors (Lipinski definition) is 3. The number of nitrogens with one attached hydrogen (secondary N) is 1. The van der Waals surface area contributed by atoms with Gasteiger partial charge in [0.25, 0.3) is 5.91 Å². The summed E-state index contributed by atoms with van der Waals surface area (Å²) in [6.07, 6.45) is 0.718. The lowest BCUT2D eigenvalue weighted by Crippen LogP contribution is -2.13. The van der Waals surface area contributed by atoms with Gasteiger partial charge in [-0.1, -0.05) is 30.7 Å². The normalized spacial score (nSPS) is 10.2. The number of aryl methyl sites for hydroxylation is 1. The van der Waals surface area contributed by atoms with Gasteiger partial charge in [-0.05, 0) is 30.7 Å². The number of benzene rings is 1. The van der Waals surface area contributed by atoms with E-state index in [4.69, 9.17) is 16.3 Å². The molecule has 0 radical (unpaired) electrons. The van der Waals surface area contributed by atoms with E-state index in [2.05, 4.69) is 10.3 Å². The number of hydrogen-bond donors (Lipinski definition) is 1. The summed E-state index contributed by atoms with van der Waals surface area (Å²) in [5.41, 5.74) is 1.88. The molecule has 1 N–H and O–H groups in total. The highest BCUT2D eigenvalue weighted by atomic mass is 35.5. The van der Waals surface area contributed by atoms with E-state index in [0.29, 0.717) is 22.2 Å². The van der Waals surface area contributed by atoms with E-state index in [0.717, 1.165) is 12.1 Å². The van der Waals surface area contributed by atoms with Crippen LogP contribution in [0.15, 0.2) is 36.4 Å². The molecule has 0 aliphatic rings. The van der Waals surface area contributed by atoms with Crippen molar-refractivity contribution in [2.45, 2.75) is 13.3 Å². The summed E-state index contributed by atoms with van der Waals surface area (Å²) in [4.78, 5) is 16.4. The van der Waals surface area contributed by atoms with Crippen molar-refractivity contribution in [3.63, 3.8) is 0 Å². The summed E-state index contributed by atoms with van der Waals surface area (Å²) in [5.74, 6) is 0.366. The Hall–Kier alpha value is -2.07. The number of halogens is 1. The van der Waals surface area contributed by atoms with Gasteiger partial charge in [0.2, 0.25) is 0 Å². The second-order valence-corrected chi connectivity index (χ2v) is 4.57. The van der Waals surface area contributed by atoms with Crippen molar-refractivity contribution >= 4 is 23.2 Å². The van der Waals surface area contributed by atoms with Crippen LogP contribution in [-0.4, -0.2) is 18.0 Å². The Kier molecular flexibility index (Phi) is 4.58. The molecule has 0 spiro atoms. The molecule has 1 aromatic heterocycles. The van der Waals surface area contributed by atoms with Gasteiger partial charge in [0, 0.05) is 11.3 Å². The number of nitrogens with zero attached hydrogens (tertiary/aromatic N) is 1. The fourth-order valence-corrected chi connectivity index (χ4v) is 2.03. The average molecular weight is 291 g/mol. The maximum atomic E-state index is 12.2. The van der Waals surface area contributed by atoms with Gasteiger partial charge in [-0.2, -0.15) is 0 Å².